The molecule has 0 aliphatic carbocycles. The molecule has 3 aromatic rings. The van der Waals surface area contributed by atoms with Gasteiger partial charge in [0.15, 0.2) is 4.80 Å². The summed E-state index contributed by atoms with van der Waals surface area (Å²) in [4.78, 5) is 31.7. The molecule has 0 bridgehead atoms. The Balaban J connectivity index is 1.97. The Kier molecular flexibility index (Phi) is 5.05. The molecular weight excluding hydrogens is 416 g/mol. The Labute approximate surface area is 173 Å². The number of hydrogen-bond acceptors (Lipinski definition) is 6. The van der Waals surface area contributed by atoms with Crippen LogP contribution in [0.15, 0.2) is 62.8 Å². The Morgan fingerprint density at radius 1 is 1.32 bits per heavy atom. The molecule has 28 heavy (non-hydrogen) atoms. The van der Waals surface area contributed by atoms with Crippen molar-refractivity contribution < 1.29 is 9.53 Å². The summed E-state index contributed by atoms with van der Waals surface area (Å²) < 4.78 is 7.08. The van der Waals surface area contributed by atoms with E-state index in [1.165, 1.54) is 29.8 Å². The molecule has 0 amide bonds. The molecule has 1 aliphatic rings. The number of thiazole rings is 1. The third kappa shape index (κ3) is 3.26. The van der Waals surface area contributed by atoms with Gasteiger partial charge in [0.25, 0.3) is 5.56 Å². The summed E-state index contributed by atoms with van der Waals surface area (Å²) in [5, 5.41) is 2.52. The molecule has 1 unspecified atom stereocenters. The Morgan fingerprint density at radius 2 is 2.14 bits per heavy atom. The number of thiophene rings is 1. The highest BCUT2D eigenvalue weighted by Gasteiger charge is 2.33. The highest BCUT2D eigenvalue weighted by molar-refractivity contribution is 7.10. The van der Waals surface area contributed by atoms with E-state index in [2.05, 4.69) is 4.99 Å². The first-order valence-electron chi connectivity index (χ1n) is 8.39. The van der Waals surface area contributed by atoms with Crippen molar-refractivity contribution in [3.63, 3.8) is 0 Å². The maximum Gasteiger partial charge on any atom is 0.338 e. The van der Waals surface area contributed by atoms with E-state index in [4.69, 9.17) is 16.3 Å². The number of nitrogens with zero attached hydrogens (tertiary/aromatic N) is 2. The van der Waals surface area contributed by atoms with Gasteiger partial charge in [-0.1, -0.05) is 41.1 Å². The van der Waals surface area contributed by atoms with Crippen LogP contribution in [0.5, 0.6) is 0 Å². The normalized spacial score (nSPS) is 16.7. The minimum atomic E-state index is -0.551. The molecule has 3 heterocycles. The van der Waals surface area contributed by atoms with Crippen LogP contribution in [0.2, 0.25) is 5.02 Å². The van der Waals surface area contributed by atoms with Gasteiger partial charge >= 0.3 is 5.97 Å². The molecule has 5 nitrogen and oxygen atoms in total. The summed E-state index contributed by atoms with van der Waals surface area (Å²) in [6.45, 7) is 1.76. The van der Waals surface area contributed by atoms with E-state index >= 15 is 0 Å². The van der Waals surface area contributed by atoms with Gasteiger partial charge in [-0.25, -0.2) is 9.79 Å². The largest absolute Gasteiger partial charge is 0.466 e. The molecule has 0 saturated heterocycles. The highest BCUT2D eigenvalue weighted by Crippen LogP contribution is 2.32. The molecule has 0 N–H and O–H groups in total. The lowest BCUT2D eigenvalue weighted by molar-refractivity contribution is -0.136. The Morgan fingerprint density at radius 3 is 2.82 bits per heavy atom. The summed E-state index contributed by atoms with van der Waals surface area (Å²) in [6.07, 6.45) is 1.79. The molecule has 4 rings (SSSR count). The number of carbonyl (C=O) groups is 1. The molecule has 0 saturated carbocycles. The van der Waals surface area contributed by atoms with Crippen LogP contribution in [0.25, 0.3) is 6.08 Å². The molecule has 2 aromatic heterocycles. The SMILES string of the molecule is COC(=O)C1=C(C)N=c2sc(=Cc3cccc(Cl)c3)c(=O)n2C1c1cccs1. The fraction of sp³-hybridized carbons (Fsp3) is 0.150. The average molecular weight is 431 g/mol. The van der Waals surface area contributed by atoms with E-state index in [9.17, 15) is 9.59 Å². The van der Waals surface area contributed by atoms with E-state index in [-0.39, 0.29) is 5.56 Å². The number of rotatable bonds is 3. The molecule has 0 spiro atoms. The van der Waals surface area contributed by atoms with Gasteiger partial charge in [0.1, 0.15) is 6.04 Å². The van der Waals surface area contributed by atoms with Crippen molar-refractivity contribution >= 4 is 46.3 Å². The molecule has 1 atom stereocenters. The van der Waals surface area contributed by atoms with Gasteiger partial charge in [0.05, 0.1) is 22.9 Å². The first kappa shape index (κ1) is 18.9. The lowest BCUT2D eigenvalue weighted by atomic mass is 10.0. The quantitative estimate of drug-likeness (QED) is 0.600. The van der Waals surface area contributed by atoms with E-state index in [0.717, 1.165) is 10.4 Å². The second kappa shape index (κ2) is 7.50. The number of benzene rings is 1. The number of aromatic nitrogens is 1. The van der Waals surface area contributed by atoms with Gasteiger partial charge in [-0.15, -0.1) is 11.3 Å². The zero-order chi connectivity index (χ0) is 19.8. The second-order valence-electron chi connectivity index (χ2n) is 6.14. The molecule has 0 radical (unpaired) electrons. The summed E-state index contributed by atoms with van der Waals surface area (Å²) in [7, 11) is 1.33. The van der Waals surface area contributed by atoms with Crippen LogP contribution in [-0.2, 0) is 9.53 Å². The van der Waals surface area contributed by atoms with Crippen molar-refractivity contribution in [3.8, 4) is 0 Å². The maximum absolute atomic E-state index is 13.3. The van der Waals surface area contributed by atoms with Crippen LogP contribution in [0, 0.1) is 0 Å². The van der Waals surface area contributed by atoms with Crippen LogP contribution >= 0.6 is 34.3 Å². The van der Waals surface area contributed by atoms with E-state index in [1.807, 2.05) is 29.6 Å². The minimum Gasteiger partial charge on any atom is -0.466 e. The second-order valence-corrected chi connectivity index (χ2v) is 8.57. The lowest BCUT2D eigenvalue weighted by Crippen LogP contribution is -2.39. The number of carbonyl (C=O) groups excluding carboxylic acids is 1. The first-order chi connectivity index (χ1) is 13.5. The van der Waals surface area contributed by atoms with Crippen LogP contribution in [0.3, 0.4) is 0 Å². The topological polar surface area (TPSA) is 60.7 Å². The molecular formula is C20H15ClN2O3S2. The van der Waals surface area contributed by atoms with E-state index in [0.29, 0.717) is 25.6 Å². The van der Waals surface area contributed by atoms with Crippen LogP contribution in [0.4, 0.5) is 0 Å². The van der Waals surface area contributed by atoms with Crippen molar-refractivity contribution in [1.29, 1.82) is 0 Å². The number of hydrogen-bond donors (Lipinski definition) is 0. The summed E-state index contributed by atoms with van der Waals surface area (Å²) in [5.74, 6) is -0.483. The highest BCUT2D eigenvalue weighted by atomic mass is 35.5. The third-order valence-electron chi connectivity index (χ3n) is 4.39. The number of halogens is 1. The van der Waals surface area contributed by atoms with Gasteiger partial charge in [0.2, 0.25) is 0 Å². The zero-order valence-electron chi connectivity index (χ0n) is 15.0. The van der Waals surface area contributed by atoms with Gasteiger partial charge in [0, 0.05) is 9.90 Å². The van der Waals surface area contributed by atoms with Crippen LogP contribution in [-0.4, -0.2) is 17.6 Å². The summed E-state index contributed by atoms with van der Waals surface area (Å²) in [6, 6.07) is 10.5. The molecule has 8 heteroatoms. The van der Waals surface area contributed by atoms with Crippen LogP contribution in [0.1, 0.15) is 23.4 Å². The number of allylic oxidation sites excluding steroid dienone is 1. The minimum absolute atomic E-state index is 0.198. The summed E-state index contributed by atoms with van der Waals surface area (Å²) in [5.41, 5.74) is 1.57. The molecule has 1 aliphatic heterocycles. The van der Waals surface area contributed by atoms with Crippen molar-refractivity contribution in [2.24, 2.45) is 4.99 Å². The van der Waals surface area contributed by atoms with Crippen molar-refractivity contribution in [2.75, 3.05) is 7.11 Å². The maximum atomic E-state index is 13.3. The van der Waals surface area contributed by atoms with Crippen molar-refractivity contribution in [1.82, 2.24) is 4.57 Å². The fourth-order valence-corrected chi connectivity index (χ4v) is 5.23. The Bertz CT molecular complexity index is 1270. The number of ether oxygens (including phenoxy) is 1. The molecule has 142 valence electrons. The smallest absolute Gasteiger partial charge is 0.338 e. The predicted octanol–water partition coefficient (Wildman–Crippen LogP) is 3.12. The standard InChI is InChI=1S/C20H15ClN2O3S2/c1-11-16(19(25)26-2)17(14-7-4-8-27-14)23-18(24)15(28-20(23)22-11)10-12-5-3-6-13(21)9-12/h3-10,17H,1-2H3. The first-order valence-corrected chi connectivity index (χ1v) is 10.5. The lowest BCUT2D eigenvalue weighted by Gasteiger charge is -2.22. The molecule has 1 aromatic carbocycles. The van der Waals surface area contributed by atoms with Gasteiger partial charge < -0.3 is 4.74 Å². The zero-order valence-corrected chi connectivity index (χ0v) is 17.4. The average Bonchev–Trinajstić information content (AvgIpc) is 3.29. The van der Waals surface area contributed by atoms with Gasteiger partial charge in [-0.2, -0.15) is 0 Å². The van der Waals surface area contributed by atoms with Gasteiger partial charge in [-0.3, -0.25) is 9.36 Å². The van der Waals surface area contributed by atoms with Crippen molar-refractivity contribution in [2.45, 2.75) is 13.0 Å². The molecule has 0 fully saturated rings. The van der Waals surface area contributed by atoms with E-state index < -0.39 is 12.0 Å². The van der Waals surface area contributed by atoms with Crippen LogP contribution < -0.4 is 14.9 Å². The van der Waals surface area contributed by atoms with E-state index in [1.54, 1.807) is 29.7 Å². The predicted molar refractivity (Wildman–Crippen MR) is 112 cm³/mol. The number of esters is 1. The monoisotopic (exact) mass is 430 g/mol. The van der Waals surface area contributed by atoms with Gasteiger partial charge in [-0.05, 0) is 42.1 Å². The van der Waals surface area contributed by atoms with Crippen molar-refractivity contribution in [3.05, 3.63) is 88.2 Å². The third-order valence-corrected chi connectivity index (χ3v) is 6.53. The summed E-state index contributed by atoms with van der Waals surface area (Å²) >= 11 is 8.83. The fourth-order valence-electron chi connectivity index (χ4n) is 3.16. The number of methoxy groups -OCH3 is 1. The number of fused-ring (bicyclic) bond motifs is 1. The Hall–Kier alpha value is -2.48.